The molecular weight excluding hydrogens is 175 g/mol. The molecule has 1 rings (SSSR count). The molecule has 1 aliphatic rings. The van der Waals surface area contributed by atoms with Crippen molar-refractivity contribution >= 4 is 13.5 Å². The van der Waals surface area contributed by atoms with Crippen LogP contribution in [0.5, 0.6) is 0 Å². The van der Waals surface area contributed by atoms with Crippen LogP contribution in [0.1, 0.15) is 19.3 Å². The number of carbonyl (C=O) groups excluding carboxylic acids is 1. The van der Waals surface area contributed by atoms with Gasteiger partial charge in [0.15, 0.2) is 0 Å². The molecule has 0 aromatic carbocycles. The molecule has 0 aliphatic heterocycles. The van der Waals surface area contributed by atoms with Crippen LogP contribution in [0.4, 0.5) is 17.3 Å². The van der Waals surface area contributed by atoms with E-state index in [1.54, 1.807) is 0 Å². The Morgan fingerprint density at radius 2 is 1.83 bits per heavy atom. The van der Waals surface area contributed by atoms with Crippen LogP contribution in [0.2, 0.25) is 0 Å². The zero-order valence-electron chi connectivity index (χ0n) is 6.20. The van der Waals surface area contributed by atoms with E-state index in [9.17, 15) is 22.1 Å². The minimum atomic E-state index is -6.00. The van der Waals surface area contributed by atoms with Crippen LogP contribution < -0.4 is 0 Å². The van der Waals surface area contributed by atoms with E-state index < -0.39 is 7.25 Å². The number of hydrogen-bond acceptors (Lipinski definition) is 1. The summed E-state index contributed by atoms with van der Waals surface area (Å²) >= 11 is 0. The molecule has 6 heteroatoms. The van der Waals surface area contributed by atoms with Crippen molar-refractivity contribution < 1.29 is 22.1 Å². The monoisotopic (exact) mass is 182 g/mol. The molecule has 0 aromatic heterocycles. The summed E-state index contributed by atoms with van der Waals surface area (Å²) in [4.78, 5) is 9.91. The molecular formula is C6H7BF4O. The maximum Gasteiger partial charge on any atom is 0.673 e. The fraction of sp³-hybridized carbons (Fsp3) is 0.500. The van der Waals surface area contributed by atoms with Crippen LogP contribution in [0.25, 0.3) is 0 Å². The Kier molecular flexibility index (Phi) is 4.51. The highest BCUT2D eigenvalue weighted by molar-refractivity contribution is 6.50. The predicted molar refractivity (Wildman–Crippen MR) is 36.9 cm³/mol. The van der Waals surface area contributed by atoms with Gasteiger partial charge in [-0.05, 0) is 6.42 Å². The summed E-state index contributed by atoms with van der Waals surface area (Å²) in [5, 5.41) is 0. The molecule has 0 amide bonds. The van der Waals surface area contributed by atoms with Crippen molar-refractivity contribution in [1.29, 1.82) is 0 Å². The minimum Gasteiger partial charge on any atom is -0.418 e. The topological polar surface area (TPSA) is 17.1 Å². The van der Waals surface area contributed by atoms with Crippen molar-refractivity contribution in [3.8, 4) is 0 Å². The van der Waals surface area contributed by atoms with Gasteiger partial charge in [0.25, 0.3) is 6.29 Å². The van der Waals surface area contributed by atoms with Gasteiger partial charge >= 0.3 is 7.25 Å². The lowest BCUT2D eigenvalue weighted by molar-refractivity contribution is -0.105. The van der Waals surface area contributed by atoms with Crippen LogP contribution in [0.15, 0.2) is 5.57 Å². The first kappa shape index (κ1) is 11.1. The van der Waals surface area contributed by atoms with Gasteiger partial charge in [-0.25, -0.2) is 0 Å². The molecule has 12 heavy (non-hydrogen) atoms. The normalized spacial score (nSPS) is 15.5. The molecule has 0 radical (unpaired) electrons. The van der Waals surface area contributed by atoms with Crippen molar-refractivity contribution in [2.45, 2.75) is 19.3 Å². The highest BCUT2D eigenvalue weighted by Gasteiger charge is 2.20. The van der Waals surface area contributed by atoms with E-state index in [4.69, 9.17) is 0 Å². The molecule has 0 bridgehead atoms. The number of allylic oxidation sites excluding steroid dienone is 2. The summed E-state index contributed by atoms with van der Waals surface area (Å²) in [5.74, 6) is 0. The lowest BCUT2D eigenvalue weighted by Gasteiger charge is -1.94. The molecule has 0 spiro atoms. The Balaban J connectivity index is 0.000000217. The minimum absolute atomic E-state index is 0.861. The second-order valence-electron chi connectivity index (χ2n) is 2.17. The van der Waals surface area contributed by atoms with Gasteiger partial charge in [-0.1, -0.05) is 0 Å². The van der Waals surface area contributed by atoms with Gasteiger partial charge < -0.3 is 17.3 Å². The van der Waals surface area contributed by atoms with E-state index in [0.29, 0.717) is 0 Å². The van der Waals surface area contributed by atoms with Crippen molar-refractivity contribution in [1.82, 2.24) is 0 Å². The molecule has 0 fully saturated rings. The lowest BCUT2D eigenvalue weighted by Crippen LogP contribution is -2.02. The van der Waals surface area contributed by atoms with E-state index >= 15 is 0 Å². The van der Waals surface area contributed by atoms with E-state index in [2.05, 4.69) is 6.08 Å². The van der Waals surface area contributed by atoms with E-state index in [1.807, 2.05) is 0 Å². The second kappa shape index (κ2) is 4.88. The third-order valence-electron chi connectivity index (χ3n) is 1.12. The quantitative estimate of drug-likeness (QED) is 0.263. The lowest BCUT2D eigenvalue weighted by atomic mass is 10.3. The Hall–Kier alpha value is -0.895. The number of carbonyl (C=O) groups is 1. The number of hydrogen-bond donors (Lipinski definition) is 0. The summed E-state index contributed by atoms with van der Waals surface area (Å²) in [5.41, 5.74) is 0.861. The van der Waals surface area contributed by atoms with E-state index in [-0.39, 0.29) is 0 Å². The van der Waals surface area contributed by atoms with Gasteiger partial charge in [-0.2, -0.15) is 4.79 Å². The van der Waals surface area contributed by atoms with E-state index in [1.165, 1.54) is 0 Å². The van der Waals surface area contributed by atoms with Crippen molar-refractivity contribution in [3.63, 3.8) is 0 Å². The van der Waals surface area contributed by atoms with Gasteiger partial charge in [-0.3, -0.25) is 0 Å². The summed E-state index contributed by atoms with van der Waals surface area (Å²) in [7, 11) is -6.00. The zero-order chi connectivity index (χ0) is 9.61. The molecule has 68 valence electrons. The Labute approximate surface area is 67.6 Å². The van der Waals surface area contributed by atoms with Gasteiger partial charge in [0.05, 0.1) is 12.5 Å². The number of halogens is 4. The summed E-state index contributed by atoms with van der Waals surface area (Å²) in [6.45, 7) is 0. The van der Waals surface area contributed by atoms with Crippen molar-refractivity contribution in [3.05, 3.63) is 11.6 Å². The standard InChI is InChI=1S/C6H7O.BF4/c7-5-6-3-1-2-4-6;2-1(3,4)5/h5H,1-3H2;/q+1;-1. The Bertz CT molecular complexity index is 169. The van der Waals surface area contributed by atoms with Gasteiger partial charge in [0, 0.05) is 6.42 Å². The third kappa shape index (κ3) is 9.10. The molecule has 0 saturated carbocycles. The third-order valence-corrected chi connectivity index (χ3v) is 1.12. The van der Waals surface area contributed by atoms with E-state index in [0.717, 1.165) is 31.1 Å². The number of rotatable bonds is 1. The molecule has 0 aromatic rings. The van der Waals surface area contributed by atoms with Crippen molar-refractivity contribution in [2.75, 3.05) is 0 Å². The molecule has 0 N–H and O–H groups in total. The molecule has 0 atom stereocenters. The molecule has 0 unspecified atom stereocenters. The van der Waals surface area contributed by atoms with Gasteiger partial charge in [0.2, 0.25) is 5.57 Å². The van der Waals surface area contributed by atoms with Crippen LogP contribution in [0.3, 0.4) is 0 Å². The summed E-state index contributed by atoms with van der Waals surface area (Å²) in [6, 6.07) is 0. The first-order valence-electron chi connectivity index (χ1n) is 3.35. The fourth-order valence-electron chi connectivity index (χ4n) is 0.717. The van der Waals surface area contributed by atoms with Gasteiger partial charge in [0.1, 0.15) is 0 Å². The molecule has 1 nitrogen and oxygen atoms in total. The summed E-state index contributed by atoms with van der Waals surface area (Å²) < 4.78 is 39.0. The van der Waals surface area contributed by atoms with Crippen LogP contribution in [0, 0.1) is 6.08 Å². The van der Waals surface area contributed by atoms with Crippen LogP contribution >= 0.6 is 0 Å². The molecule has 0 heterocycles. The Morgan fingerprint density at radius 3 is 2.00 bits per heavy atom. The highest BCUT2D eigenvalue weighted by atomic mass is 19.5. The maximum atomic E-state index is 9.91. The summed E-state index contributed by atoms with van der Waals surface area (Å²) in [6.07, 6.45) is 6.90. The SMILES string of the molecule is F[B-](F)(F)F.O=CC1=[C+]CCC1. The zero-order valence-corrected chi connectivity index (χ0v) is 6.20. The maximum absolute atomic E-state index is 9.91. The van der Waals surface area contributed by atoms with Crippen LogP contribution in [-0.4, -0.2) is 13.5 Å². The molecule has 1 aliphatic carbocycles. The van der Waals surface area contributed by atoms with Crippen LogP contribution in [-0.2, 0) is 4.79 Å². The average Bonchev–Trinajstić information content (AvgIpc) is 2.33. The largest absolute Gasteiger partial charge is 0.673 e. The Morgan fingerprint density at radius 1 is 1.33 bits per heavy atom. The average molecular weight is 182 g/mol. The fourth-order valence-corrected chi connectivity index (χ4v) is 0.717. The predicted octanol–water partition coefficient (Wildman–Crippen LogP) is 2.40. The second-order valence-corrected chi connectivity index (χ2v) is 2.17. The molecule has 0 saturated heterocycles. The smallest absolute Gasteiger partial charge is 0.418 e. The number of aldehydes is 1. The van der Waals surface area contributed by atoms with Gasteiger partial charge in [-0.15, -0.1) is 0 Å². The first-order valence-corrected chi connectivity index (χ1v) is 3.35. The van der Waals surface area contributed by atoms with Crippen molar-refractivity contribution in [2.24, 2.45) is 0 Å². The highest BCUT2D eigenvalue weighted by Crippen LogP contribution is 2.13. The first-order chi connectivity index (χ1) is 5.43.